The Morgan fingerprint density at radius 2 is 1.87 bits per heavy atom. The van der Waals surface area contributed by atoms with Crippen LogP contribution in [0.5, 0.6) is 5.75 Å². The molecule has 2 N–H and O–H groups in total. The Kier molecular flexibility index (Phi) is 5.64. The molecule has 2 rings (SSSR count). The van der Waals surface area contributed by atoms with Gasteiger partial charge >= 0.3 is 0 Å². The second kappa shape index (κ2) is 7.49. The number of ether oxygens (including phenoxy) is 1. The number of benzene rings is 2. The number of hydrogen-bond donors (Lipinski definition) is 2. The molecule has 4 nitrogen and oxygen atoms in total. The topological polar surface area (TPSA) is 58.6 Å². The van der Waals surface area contributed by atoms with Crippen LogP contribution in [0.4, 0.5) is 0 Å². The summed E-state index contributed by atoms with van der Waals surface area (Å²) in [6.07, 6.45) is -0.284. The van der Waals surface area contributed by atoms with E-state index in [0.717, 1.165) is 11.1 Å². The Morgan fingerprint density at radius 3 is 2.43 bits per heavy atom. The molecule has 0 spiro atoms. The largest absolute Gasteiger partial charge is 0.508 e. The average Bonchev–Trinajstić information content (AvgIpc) is 2.49. The molecule has 0 bridgehead atoms. The highest BCUT2D eigenvalue weighted by Gasteiger charge is 2.22. The minimum Gasteiger partial charge on any atom is -0.508 e. The molecule has 2 atom stereocenters. The number of nitrogens with one attached hydrogen (secondary N) is 1. The lowest BCUT2D eigenvalue weighted by Gasteiger charge is -2.24. The van der Waals surface area contributed by atoms with Gasteiger partial charge in [0.2, 0.25) is 0 Å². The Hall–Kier alpha value is -2.04. The quantitative estimate of drug-likeness (QED) is 0.873. The normalized spacial score (nSPS) is 13.4. The zero-order chi connectivity index (χ0) is 17.0. The molecule has 1 amide bonds. The highest BCUT2D eigenvalue weighted by atomic mass is 35.5. The highest BCUT2D eigenvalue weighted by molar-refractivity contribution is 6.30. The van der Waals surface area contributed by atoms with Crippen molar-refractivity contribution in [1.29, 1.82) is 0 Å². The third kappa shape index (κ3) is 4.24. The summed E-state index contributed by atoms with van der Waals surface area (Å²) in [5, 5.41) is 13.0. The molecule has 0 radical (unpaired) electrons. The highest BCUT2D eigenvalue weighted by Crippen LogP contribution is 2.23. The molecule has 0 saturated heterocycles. The van der Waals surface area contributed by atoms with Gasteiger partial charge < -0.3 is 15.2 Å². The van der Waals surface area contributed by atoms with Crippen molar-refractivity contribution < 1.29 is 14.6 Å². The molecule has 0 fully saturated rings. The maximum atomic E-state index is 12.4. The van der Waals surface area contributed by atoms with E-state index in [-0.39, 0.29) is 23.8 Å². The van der Waals surface area contributed by atoms with E-state index in [1.165, 1.54) is 6.07 Å². The maximum absolute atomic E-state index is 12.4. The third-order valence-corrected chi connectivity index (χ3v) is 3.97. The van der Waals surface area contributed by atoms with Crippen LogP contribution >= 0.6 is 11.6 Å². The van der Waals surface area contributed by atoms with E-state index >= 15 is 0 Å². The summed E-state index contributed by atoms with van der Waals surface area (Å²) >= 11 is 5.90. The van der Waals surface area contributed by atoms with E-state index < -0.39 is 0 Å². The molecule has 2 unspecified atom stereocenters. The summed E-state index contributed by atoms with van der Waals surface area (Å²) in [5.74, 6) is -0.0611. The van der Waals surface area contributed by atoms with Crippen molar-refractivity contribution >= 4 is 17.5 Å². The first-order valence-corrected chi connectivity index (χ1v) is 7.69. The van der Waals surface area contributed by atoms with E-state index in [2.05, 4.69) is 5.32 Å². The summed E-state index contributed by atoms with van der Waals surface area (Å²) in [6, 6.07) is 11.8. The van der Waals surface area contributed by atoms with Gasteiger partial charge in [-0.3, -0.25) is 4.79 Å². The van der Waals surface area contributed by atoms with Crippen molar-refractivity contribution in [2.45, 2.75) is 26.0 Å². The summed E-state index contributed by atoms with van der Waals surface area (Å²) in [4.78, 5) is 12.4. The van der Waals surface area contributed by atoms with Crippen molar-refractivity contribution in [3.63, 3.8) is 0 Å². The number of phenolic OH excluding ortho intramolecular Hbond substituents is 1. The van der Waals surface area contributed by atoms with Gasteiger partial charge in [-0.1, -0.05) is 23.7 Å². The molecule has 2 aromatic rings. The molecule has 0 aliphatic carbocycles. The van der Waals surface area contributed by atoms with Crippen LogP contribution in [-0.4, -0.2) is 24.2 Å². The number of halogens is 1. The number of carbonyl (C=O) groups excluding carboxylic acids is 1. The molecule has 2 aromatic carbocycles. The fourth-order valence-electron chi connectivity index (χ4n) is 2.54. The van der Waals surface area contributed by atoms with Crippen molar-refractivity contribution in [1.82, 2.24) is 5.32 Å². The predicted molar refractivity (Wildman–Crippen MR) is 91.0 cm³/mol. The number of rotatable bonds is 5. The molecular formula is C18H20ClNO3. The SMILES string of the molecule is COC(c1ccc(Cl)cc1)C(C)NC(=O)c1ccc(O)cc1C. The number of hydrogen-bond acceptors (Lipinski definition) is 3. The van der Waals surface area contributed by atoms with Gasteiger partial charge in [-0.2, -0.15) is 0 Å². The number of methoxy groups -OCH3 is 1. The predicted octanol–water partition coefficient (Wildman–Crippen LogP) is 3.86. The van der Waals surface area contributed by atoms with Crippen molar-refractivity contribution in [3.05, 3.63) is 64.2 Å². The summed E-state index contributed by atoms with van der Waals surface area (Å²) in [5.41, 5.74) is 2.18. The minimum atomic E-state index is -0.284. The summed E-state index contributed by atoms with van der Waals surface area (Å²) in [7, 11) is 1.60. The second-order valence-electron chi connectivity index (χ2n) is 5.47. The van der Waals surface area contributed by atoms with Gasteiger partial charge in [-0.05, 0) is 55.3 Å². The smallest absolute Gasteiger partial charge is 0.251 e. The third-order valence-electron chi connectivity index (χ3n) is 3.72. The molecule has 0 aliphatic heterocycles. The molecule has 5 heteroatoms. The monoisotopic (exact) mass is 333 g/mol. The van der Waals surface area contributed by atoms with E-state index in [1.54, 1.807) is 38.3 Å². The molecular weight excluding hydrogens is 314 g/mol. The number of aromatic hydroxyl groups is 1. The lowest BCUT2D eigenvalue weighted by molar-refractivity contribution is 0.0644. The zero-order valence-corrected chi connectivity index (χ0v) is 14.1. The Balaban J connectivity index is 2.14. The van der Waals surface area contributed by atoms with Crippen LogP contribution in [0.25, 0.3) is 0 Å². The molecule has 122 valence electrons. The first-order chi connectivity index (χ1) is 10.9. The van der Waals surface area contributed by atoms with Gasteiger partial charge in [0.25, 0.3) is 5.91 Å². The van der Waals surface area contributed by atoms with E-state index in [0.29, 0.717) is 10.6 Å². The fourth-order valence-corrected chi connectivity index (χ4v) is 2.67. The number of phenols is 1. The van der Waals surface area contributed by atoms with Crippen molar-refractivity contribution in [2.24, 2.45) is 0 Å². The Morgan fingerprint density at radius 1 is 1.22 bits per heavy atom. The summed E-state index contributed by atoms with van der Waals surface area (Å²) < 4.78 is 5.53. The fraction of sp³-hybridized carbons (Fsp3) is 0.278. The molecule has 0 aliphatic rings. The molecule has 23 heavy (non-hydrogen) atoms. The number of amides is 1. The molecule has 0 saturated carbocycles. The van der Waals surface area contributed by atoms with Crippen LogP contribution in [0.15, 0.2) is 42.5 Å². The molecule has 0 aromatic heterocycles. The standard InChI is InChI=1S/C18H20ClNO3/c1-11-10-15(21)8-9-16(11)18(22)20-12(2)17(23-3)13-4-6-14(19)7-5-13/h4-10,12,17,21H,1-3H3,(H,20,22). The van der Waals surface area contributed by atoms with E-state index in [9.17, 15) is 9.90 Å². The van der Waals surface area contributed by atoms with Crippen molar-refractivity contribution in [2.75, 3.05) is 7.11 Å². The van der Waals surface area contributed by atoms with Crippen LogP contribution in [0.3, 0.4) is 0 Å². The van der Waals surface area contributed by atoms with Crippen LogP contribution < -0.4 is 5.32 Å². The number of aryl methyl sites for hydroxylation is 1. The van der Waals surface area contributed by atoms with E-state index in [1.807, 2.05) is 19.1 Å². The Labute approximate surface area is 141 Å². The van der Waals surface area contributed by atoms with Crippen LogP contribution in [0.2, 0.25) is 5.02 Å². The van der Waals surface area contributed by atoms with Gasteiger partial charge in [-0.25, -0.2) is 0 Å². The van der Waals surface area contributed by atoms with Gasteiger partial charge in [0.15, 0.2) is 0 Å². The lowest BCUT2D eigenvalue weighted by Crippen LogP contribution is -2.38. The second-order valence-corrected chi connectivity index (χ2v) is 5.91. The van der Waals surface area contributed by atoms with Gasteiger partial charge in [0, 0.05) is 17.7 Å². The van der Waals surface area contributed by atoms with Gasteiger partial charge in [0.05, 0.1) is 6.04 Å². The zero-order valence-electron chi connectivity index (χ0n) is 13.3. The first kappa shape index (κ1) is 17.3. The minimum absolute atomic E-state index is 0.142. The van der Waals surface area contributed by atoms with Gasteiger partial charge in [0.1, 0.15) is 11.9 Å². The van der Waals surface area contributed by atoms with Crippen LogP contribution in [-0.2, 0) is 4.74 Å². The maximum Gasteiger partial charge on any atom is 0.251 e. The number of carbonyl (C=O) groups is 1. The lowest BCUT2D eigenvalue weighted by atomic mass is 10.0. The van der Waals surface area contributed by atoms with E-state index in [4.69, 9.17) is 16.3 Å². The van der Waals surface area contributed by atoms with Crippen LogP contribution in [0.1, 0.15) is 34.5 Å². The first-order valence-electron chi connectivity index (χ1n) is 7.31. The average molecular weight is 334 g/mol. The van der Waals surface area contributed by atoms with Gasteiger partial charge in [-0.15, -0.1) is 0 Å². The Bertz CT molecular complexity index is 685. The van der Waals surface area contributed by atoms with Crippen molar-refractivity contribution in [3.8, 4) is 5.75 Å². The summed E-state index contributed by atoms with van der Waals surface area (Å²) in [6.45, 7) is 3.67. The van der Waals surface area contributed by atoms with Crippen LogP contribution in [0, 0.1) is 6.92 Å². The molecule has 0 heterocycles.